The summed E-state index contributed by atoms with van der Waals surface area (Å²) in [6.45, 7) is 5.27. The summed E-state index contributed by atoms with van der Waals surface area (Å²) < 4.78 is 5.31. The quantitative estimate of drug-likeness (QED) is 0.739. The molecule has 0 atom stereocenters. The molecule has 6 heteroatoms. The number of ether oxygens (including phenoxy) is 1. The van der Waals surface area contributed by atoms with E-state index in [0.717, 1.165) is 17.1 Å². The number of rotatable bonds is 3. The number of aromatic amines is 1. The maximum Gasteiger partial charge on any atom is 0.232 e. The van der Waals surface area contributed by atoms with Crippen LogP contribution < -0.4 is 11.1 Å². The molecule has 0 unspecified atom stereocenters. The van der Waals surface area contributed by atoms with Crippen molar-refractivity contribution in [3.8, 4) is 0 Å². The Labute approximate surface area is 106 Å². The molecule has 0 bridgehead atoms. The number of aryl methyl sites for hydroxylation is 2. The van der Waals surface area contributed by atoms with Gasteiger partial charge in [-0.05, 0) is 26.7 Å². The van der Waals surface area contributed by atoms with Crippen molar-refractivity contribution in [1.82, 2.24) is 10.2 Å². The summed E-state index contributed by atoms with van der Waals surface area (Å²) in [6, 6.07) is 0. The number of nitrogens with two attached hydrogens (primary N) is 1. The van der Waals surface area contributed by atoms with Crippen LogP contribution in [0.3, 0.4) is 0 Å². The molecule has 2 heterocycles. The molecule has 1 aliphatic heterocycles. The van der Waals surface area contributed by atoms with Crippen LogP contribution in [0.5, 0.6) is 0 Å². The van der Waals surface area contributed by atoms with Gasteiger partial charge in [0.15, 0.2) is 0 Å². The Morgan fingerprint density at radius 2 is 2.17 bits per heavy atom. The first-order chi connectivity index (χ1) is 8.59. The Morgan fingerprint density at radius 1 is 1.50 bits per heavy atom. The summed E-state index contributed by atoms with van der Waals surface area (Å²) in [5.41, 5.74) is 7.72. The summed E-state index contributed by atoms with van der Waals surface area (Å²) in [4.78, 5) is 12.4. The molecule has 1 aromatic rings. The third-order valence-corrected chi connectivity index (χ3v) is 3.69. The van der Waals surface area contributed by atoms with Gasteiger partial charge in [-0.3, -0.25) is 9.89 Å². The first-order valence-electron chi connectivity index (χ1n) is 6.20. The van der Waals surface area contributed by atoms with Crippen molar-refractivity contribution in [3.05, 3.63) is 11.4 Å². The van der Waals surface area contributed by atoms with Gasteiger partial charge in [0.2, 0.25) is 5.91 Å². The minimum absolute atomic E-state index is 0.0269. The molecule has 1 aromatic heterocycles. The summed E-state index contributed by atoms with van der Waals surface area (Å²) >= 11 is 0. The van der Waals surface area contributed by atoms with E-state index >= 15 is 0 Å². The molecular formula is C12H20N4O2. The Bertz CT molecular complexity index is 416. The largest absolute Gasteiger partial charge is 0.381 e. The van der Waals surface area contributed by atoms with Gasteiger partial charge in [-0.15, -0.1) is 0 Å². The minimum Gasteiger partial charge on any atom is -0.381 e. The zero-order valence-electron chi connectivity index (χ0n) is 10.9. The Kier molecular flexibility index (Phi) is 3.68. The summed E-state index contributed by atoms with van der Waals surface area (Å²) in [7, 11) is 0. The van der Waals surface area contributed by atoms with Gasteiger partial charge in [0.1, 0.15) is 0 Å². The van der Waals surface area contributed by atoms with E-state index in [1.54, 1.807) is 0 Å². The van der Waals surface area contributed by atoms with Crippen LogP contribution in [0, 0.1) is 19.3 Å². The van der Waals surface area contributed by atoms with E-state index in [2.05, 4.69) is 15.5 Å². The number of anilines is 1. The van der Waals surface area contributed by atoms with Gasteiger partial charge in [-0.2, -0.15) is 5.10 Å². The highest BCUT2D eigenvalue weighted by molar-refractivity contribution is 5.96. The molecule has 1 saturated heterocycles. The van der Waals surface area contributed by atoms with Crippen molar-refractivity contribution >= 4 is 11.6 Å². The van der Waals surface area contributed by atoms with Crippen LogP contribution in [0.15, 0.2) is 0 Å². The van der Waals surface area contributed by atoms with Crippen LogP contribution >= 0.6 is 0 Å². The van der Waals surface area contributed by atoms with E-state index in [-0.39, 0.29) is 5.91 Å². The van der Waals surface area contributed by atoms with E-state index in [1.807, 2.05) is 13.8 Å². The van der Waals surface area contributed by atoms with Gasteiger partial charge >= 0.3 is 0 Å². The smallest absolute Gasteiger partial charge is 0.232 e. The van der Waals surface area contributed by atoms with Crippen molar-refractivity contribution < 1.29 is 9.53 Å². The van der Waals surface area contributed by atoms with Crippen molar-refractivity contribution in [2.45, 2.75) is 26.7 Å². The number of carbonyl (C=O) groups is 1. The number of amides is 1. The van der Waals surface area contributed by atoms with Crippen LogP contribution in [0.25, 0.3) is 0 Å². The lowest BCUT2D eigenvalue weighted by atomic mass is 9.79. The van der Waals surface area contributed by atoms with Crippen molar-refractivity contribution in [3.63, 3.8) is 0 Å². The number of nitrogens with one attached hydrogen (secondary N) is 2. The summed E-state index contributed by atoms with van der Waals surface area (Å²) in [5.74, 6) is -0.0269. The summed E-state index contributed by atoms with van der Waals surface area (Å²) in [5, 5.41) is 9.87. The highest BCUT2D eigenvalue weighted by Gasteiger charge is 2.39. The lowest BCUT2D eigenvalue weighted by Crippen LogP contribution is -2.46. The average Bonchev–Trinajstić information content (AvgIpc) is 2.71. The molecule has 6 nitrogen and oxygen atoms in total. The molecular weight excluding hydrogens is 232 g/mol. The Balaban J connectivity index is 2.15. The van der Waals surface area contributed by atoms with Gasteiger partial charge in [0.25, 0.3) is 0 Å². The molecule has 0 aromatic carbocycles. The highest BCUT2D eigenvalue weighted by atomic mass is 16.5. The second-order valence-electron chi connectivity index (χ2n) is 4.86. The van der Waals surface area contributed by atoms with Gasteiger partial charge in [-0.1, -0.05) is 0 Å². The first kappa shape index (κ1) is 13.0. The van der Waals surface area contributed by atoms with Crippen LogP contribution in [-0.4, -0.2) is 35.9 Å². The number of hydrogen-bond acceptors (Lipinski definition) is 4. The van der Waals surface area contributed by atoms with E-state index in [1.165, 1.54) is 0 Å². The SMILES string of the molecule is Cc1n[nH]c(C)c1NC(=O)C1(CN)CCOCC1. The molecule has 1 amide bonds. The van der Waals surface area contributed by atoms with Crippen LogP contribution in [0.4, 0.5) is 5.69 Å². The predicted molar refractivity (Wildman–Crippen MR) is 68.2 cm³/mol. The molecule has 1 fully saturated rings. The molecule has 0 saturated carbocycles. The molecule has 4 N–H and O–H groups in total. The second kappa shape index (κ2) is 5.07. The molecule has 0 radical (unpaired) electrons. The molecule has 0 spiro atoms. The van der Waals surface area contributed by atoms with Crippen molar-refractivity contribution in [2.75, 3.05) is 25.1 Å². The van der Waals surface area contributed by atoms with Gasteiger partial charge < -0.3 is 15.8 Å². The van der Waals surface area contributed by atoms with E-state index in [9.17, 15) is 4.79 Å². The van der Waals surface area contributed by atoms with Crippen LogP contribution in [0.1, 0.15) is 24.2 Å². The molecule has 100 valence electrons. The summed E-state index contributed by atoms with van der Waals surface area (Å²) in [6.07, 6.45) is 1.34. The standard InChI is InChI=1S/C12H20N4O2/c1-8-10(9(2)16-15-8)14-11(17)12(7-13)3-5-18-6-4-12/h3-7,13H2,1-2H3,(H,14,17)(H,15,16). The Hall–Kier alpha value is -1.40. The lowest BCUT2D eigenvalue weighted by molar-refractivity contribution is -0.130. The topological polar surface area (TPSA) is 93.0 Å². The minimum atomic E-state index is -0.506. The number of H-pyrrole nitrogens is 1. The average molecular weight is 252 g/mol. The van der Waals surface area contributed by atoms with Gasteiger partial charge in [-0.25, -0.2) is 0 Å². The maximum absolute atomic E-state index is 12.4. The van der Waals surface area contributed by atoms with Crippen molar-refractivity contribution in [1.29, 1.82) is 0 Å². The van der Waals surface area contributed by atoms with E-state index in [4.69, 9.17) is 10.5 Å². The van der Waals surface area contributed by atoms with Gasteiger partial charge in [0, 0.05) is 19.8 Å². The predicted octanol–water partition coefficient (Wildman–Crippen LogP) is 0.721. The van der Waals surface area contributed by atoms with E-state index < -0.39 is 5.41 Å². The molecule has 1 aliphatic rings. The fourth-order valence-corrected chi connectivity index (χ4v) is 2.27. The fraction of sp³-hybridized carbons (Fsp3) is 0.667. The third-order valence-electron chi connectivity index (χ3n) is 3.69. The number of aromatic nitrogens is 2. The van der Waals surface area contributed by atoms with Gasteiger partial charge in [0.05, 0.1) is 22.5 Å². The van der Waals surface area contributed by atoms with E-state index in [0.29, 0.717) is 32.6 Å². The second-order valence-corrected chi connectivity index (χ2v) is 4.86. The highest BCUT2D eigenvalue weighted by Crippen LogP contribution is 2.31. The molecule has 18 heavy (non-hydrogen) atoms. The zero-order chi connectivity index (χ0) is 13.2. The Morgan fingerprint density at radius 3 is 2.67 bits per heavy atom. The maximum atomic E-state index is 12.4. The zero-order valence-corrected chi connectivity index (χ0v) is 10.9. The molecule has 2 rings (SSSR count). The number of nitrogens with zero attached hydrogens (tertiary/aromatic N) is 1. The molecule has 0 aliphatic carbocycles. The first-order valence-corrected chi connectivity index (χ1v) is 6.20. The monoisotopic (exact) mass is 252 g/mol. The van der Waals surface area contributed by atoms with Crippen LogP contribution in [-0.2, 0) is 9.53 Å². The van der Waals surface area contributed by atoms with Crippen LogP contribution in [0.2, 0.25) is 0 Å². The number of hydrogen-bond donors (Lipinski definition) is 3. The van der Waals surface area contributed by atoms with Crippen molar-refractivity contribution in [2.24, 2.45) is 11.1 Å². The third kappa shape index (κ3) is 2.26. The fourth-order valence-electron chi connectivity index (χ4n) is 2.27. The lowest BCUT2D eigenvalue weighted by Gasteiger charge is -2.34. The number of carbonyl (C=O) groups excluding carboxylic acids is 1. The normalized spacial score (nSPS) is 18.6.